The van der Waals surface area contributed by atoms with Crippen LogP contribution in [0.4, 0.5) is 0 Å². The lowest BCUT2D eigenvalue weighted by molar-refractivity contribution is -0.131. The van der Waals surface area contributed by atoms with Crippen molar-refractivity contribution in [2.24, 2.45) is 0 Å². The molecule has 0 bridgehead atoms. The molecule has 1 unspecified atom stereocenters. The van der Waals surface area contributed by atoms with E-state index in [1.165, 1.54) is 5.56 Å². The molecule has 0 spiro atoms. The van der Waals surface area contributed by atoms with Crippen LogP contribution in [-0.4, -0.2) is 27.6 Å². The average molecular weight is 352 g/mol. The molecule has 0 aliphatic heterocycles. The highest BCUT2D eigenvalue weighted by Crippen LogP contribution is 2.21. The fraction of sp³-hybridized carbons (Fsp3) is 0.476. The van der Waals surface area contributed by atoms with Gasteiger partial charge in [-0.15, -0.1) is 0 Å². The minimum Gasteiger partial charge on any atom is -0.339 e. The first kappa shape index (κ1) is 19.7. The van der Waals surface area contributed by atoms with Crippen molar-refractivity contribution in [3.63, 3.8) is 0 Å². The highest BCUT2D eigenvalue weighted by atomic mass is 16.2. The predicted octanol–water partition coefficient (Wildman–Crippen LogP) is 3.87. The highest BCUT2D eigenvalue weighted by molar-refractivity contribution is 5.76. The SMILES string of the molecule is Cc1ccc(C(C)N(C)C(=O)CCc2c(C)nn(CCC#N)c2C)cc1. The molecule has 2 rings (SSSR count). The van der Waals surface area contributed by atoms with E-state index in [4.69, 9.17) is 5.26 Å². The van der Waals surface area contributed by atoms with Gasteiger partial charge in [0, 0.05) is 19.2 Å². The highest BCUT2D eigenvalue weighted by Gasteiger charge is 2.19. The van der Waals surface area contributed by atoms with Crippen LogP contribution in [0.2, 0.25) is 0 Å². The zero-order valence-electron chi connectivity index (χ0n) is 16.4. The molecule has 0 saturated heterocycles. The summed E-state index contributed by atoms with van der Waals surface area (Å²) in [6.07, 6.45) is 1.57. The number of carbonyl (C=O) groups excluding carboxylic acids is 1. The van der Waals surface area contributed by atoms with Gasteiger partial charge in [-0.3, -0.25) is 9.48 Å². The van der Waals surface area contributed by atoms with Crippen molar-refractivity contribution in [2.75, 3.05) is 7.05 Å². The van der Waals surface area contributed by atoms with Crippen molar-refractivity contribution in [3.8, 4) is 6.07 Å². The number of carbonyl (C=O) groups is 1. The Hall–Kier alpha value is -2.61. The zero-order valence-corrected chi connectivity index (χ0v) is 16.4. The fourth-order valence-corrected chi connectivity index (χ4v) is 3.16. The van der Waals surface area contributed by atoms with E-state index < -0.39 is 0 Å². The quantitative estimate of drug-likeness (QED) is 0.760. The van der Waals surface area contributed by atoms with Crippen LogP contribution in [0.25, 0.3) is 0 Å². The van der Waals surface area contributed by atoms with Crippen molar-refractivity contribution in [2.45, 2.75) is 59.5 Å². The van der Waals surface area contributed by atoms with E-state index in [-0.39, 0.29) is 11.9 Å². The third kappa shape index (κ3) is 4.51. The van der Waals surface area contributed by atoms with Crippen LogP contribution < -0.4 is 0 Å². The standard InChI is InChI=1S/C21H28N4O/c1-15-7-9-19(10-8-15)17(3)24(5)21(26)12-11-20-16(2)23-25(18(20)4)14-6-13-22/h7-10,17H,6,11-12,14H2,1-5H3. The minimum atomic E-state index is 0.0450. The molecule has 138 valence electrons. The van der Waals surface area contributed by atoms with Crippen LogP contribution in [0.1, 0.15) is 53.9 Å². The van der Waals surface area contributed by atoms with Gasteiger partial charge >= 0.3 is 0 Å². The maximum absolute atomic E-state index is 12.7. The molecule has 1 heterocycles. The zero-order chi connectivity index (χ0) is 19.3. The van der Waals surface area contributed by atoms with E-state index in [0.717, 1.165) is 22.5 Å². The van der Waals surface area contributed by atoms with Gasteiger partial charge in [-0.1, -0.05) is 29.8 Å². The molecule has 1 aromatic heterocycles. The third-order valence-corrected chi connectivity index (χ3v) is 5.09. The number of nitriles is 1. The van der Waals surface area contributed by atoms with Gasteiger partial charge in [-0.05, 0) is 45.2 Å². The first-order valence-corrected chi connectivity index (χ1v) is 9.07. The summed E-state index contributed by atoms with van der Waals surface area (Å²) in [5.74, 6) is 0.127. The van der Waals surface area contributed by atoms with Crippen LogP contribution >= 0.6 is 0 Å². The van der Waals surface area contributed by atoms with Gasteiger partial charge in [-0.2, -0.15) is 10.4 Å². The molecule has 1 aromatic carbocycles. The molecule has 1 amide bonds. The molecule has 2 aromatic rings. The summed E-state index contributed by atoms with van der Waals surface area (Å²) < 4.78 is 1.87. The Morgan fingerprint density at radius 3 is 2.54 bits per heavy atom. The van der Waals surface area contributed by atoms with Gasteiger partial charge in [0.05, 0.1) is 30.8 Å². The largest absolute Gasteiger partial charge is 0.339 e. The number of aromatic nitrogens is 2. The van der Waals surface area contributed by atoms with Gasteiger partial charge in [0.15, 0.2) is 0 Å². The summed E-state index contributed by atoms with van der Waals surface area (Å²) in [5, 5.41) is 13.3. The van der Waals surface area contributed by atoms with Gasteiger partial charge in [0.1, 0.15) is 0 Å². The maximum atomic E-state index is 12.7. The molecule has 0 aliphatic carbocycles. The van der Waals surface area contributed by atoms with Crippen molar-refractivity contribution in [1.82, 2.24) is 14.7 Å². The van der Waals surface area contributed by atoms with E-state index in [1.54, 1.807) is 0 Å². The monoisotopic (exact) mass is 352 g/mol. The van der Waals surface area contributed by atoms with Crippen LogP contribution in [0.5, 0.6) is 0 Å². The molecule has 0 aliphatic rings. The lowest BCUT2D eigenvalue weighted by Gasteiger charge is -2.25. The second kappa shape index (κ2) is 8.66. The summed E-state index contributed by atoms with van der Waals surface area (Å²) >= 11 is 0. The Morgan fingerprint density at radius 2 is 1.92 bits per heavy atom. The summed E-state index contributed by atoms with van der Waals surface area (Å²) in [5.41, 5.74) is 5.48. The Morgan fingerprint density at radius 1 is 1.27 bits per heavy atom. The number of amides is 1. The Labute approximate surface area is 156 Å². The maximum Gasteiger partial charge on any atom is 0.223 e. The number of hydrogen-bond acceptors (Lipinski definition) is 3. The fourth-order valence-electron chi connectivity index (χ4n) is 3.16. The Kier molecular flexibility index (Phi) is 6.57. The summed E-state index contributed by atoms with van der Waals surface area (Å²) in [7, 11) is 1.86. The summed E-state index contributed by atoms with van der Waals surface area (Å²) in [4.78, 5) is 14.5. The number of aryl methyl sites for hydroxylation is 3. The minimum absolute atomic E-state index is 0.0450. The predicted molar refractivity (Wildman–Crippen MR) is 103 cm³/mol. The van der Waals surface area contributed by atoms with E-state index in [9.17, 15) is 4.79 Å². The molecule has 5 heteroatoms. The molecule has 0 saturated carbocycles. The van der Waals surface area contributed by atoms with Crippen molar-refractivity contribution in [1.29, 1.82) is 5.26 Å². The molecule has 0 fully saturated rings. The molecular weight excluding hydrogens is 324 g/mol. The lowest BCUT2D eigenvalue weighted by Crippen LogP contribution is -2.29. The molecule has 0 N–H and O–H groups in total. The van der Waals surface area contributed by atoms with Crippen molar-refractivity contribution < 1.29 is 4.79 Å². The molecule has 5 nitrogen and oxygen atoms in total. The van der Waals surface area contributed by atoms with Gasteiger partial charge in [0.25, 0.3) is 0 Å². The third-order valence-electron chi connectivity index (χ3n) is 5.09. The molecule has 0 radical (unpaired) electrons. The topological polar surface area (TPSA) is 61.9 Å². The number of benzene rings is 1. The number of rotatable bonds is 7. The first-order chi connectivity index (χ1) is 12.3. The van der Waals surface area contributed by atoms with E-state index in [0.29, 0.717) is 25.8 Å². The second-order valence-corrected chi connectivity index (χ2v) is 6.87. The van der Waals surface area contributed by atoms with E-state index in [1.807, 2.05) is 30.5 Å². The van der Waals surface area contributed by atoms with E-state index >= 15 is 0 Å². The number of hydrogen-bond donors (Lipinski definition) is 0. The average Bonchev–Trinajstić information content (AvgIpc) is 2.90. The molecule has 1 atom stereocenters. The van der Waals surface area contributed by atoms with Crippen LogP contribution in [0, 0.1) is 32.1 Å². The summed E-state index contributed by atoms with van der Waals surface area (Å²) in [6.45, 7) is 8.69. The van der Waals surface area contributed by atoms with Crippen molar-refractivity contribution >= 4 is 5.91 Å². The molecule has 26 heavy (non-hydrogen) atoms. The second-order valence-electron chi connectivity index (χ2n) is 6.87. The van der Waals surface area contributed by atoms with Crippen LogP contribution in [-0.2, 0) is 17.8 Å². The van der Waals surface area contributed by atoms with Gasteiger partial charge < -0.3 is 4.90 Å². The van der Waals surface area contributed by atoms with Gasteiger partial charge in [0.2, 0.25) is 5.91 Å². The smallest absolute Gasteiger partial charge is 0.223 e. The normalized spacial score (nSPS) is 11.8. The van der Waals surface area contributed by atoms with Crippen LogP contribution in [0.3, 0.4) is 0 Å². The molecular formula is C21H28N4O. The summed E-state index contributed by atoms with van der Waals surface area (Å²) in [6, 6.07) is 10.5. The lowest BCUT2D eigenvalue weighted by atomic mass is 10.0. The van der Waals surface area contributed by atoms with Gasteiger partial charge in [-0.25, -0.2) is 0 Å². The number of nitrogens with zero attached hydrogens (tertiary/aromatic N) is 4. The Bertz CT molecular complexity index is 799. The van der Waals surface area contributed by atoms with E-state index in [2.05, 4.69) is 49.3 Å². The first-order valence-electron chi connectivity index (χ1n) is 9.07. The Balaban J connectivity index is 2.00. The van der Waals surface area contributed by atoms with Crippen LogP contribution in [0.15, 0.2) is 24.3 Å². The van der Waals surface area contributed by atoms with Crippen molar-refractivity contribution in [3.05, 3.63) is 52.3 Å².